The minimum absolute atomic E-state index is 0.323. The molecule has 2 N–H and O–H groups in total. The van der Waals surface area contributed by atoms with Crippen LogP contribution in [0.4, 0.5) is 4.79 Å². The van der Waals surface area contributed by atoms with Gasteiger partial charge in [0.05, 0.1) is 9.98 Å². The summed E-state index contributed by atoms with van der Waals surface area (Å²) in [6.45, 7) is 0. The third kappa shape index (κ3) is 1.69. The standard InChI is InChI=1S/C4H4N2OS2/c7-4-5-2(8)1-3(9)6-4/h1H2,(H2,5,6,7,8,9). The second kappa shape index (κ2) is 2.36. The lowest BCUT2D eigenvalue weighted by Gasteiger charge is -2.14. The summed E-state index contributed by atoms with van der Waals surface area (Å²) in [6, 6.07) is -0.323. The van der Waals surface area contributed by atoms with Crippen LogP contribution < -0.4 is 10.6 Å². The first-order chi connectivity index (χ1) is 4.18. The van der Waals surface area contributed by atoms with Gasteiger partial charge in [-0.05, 0) is 0 Å². The number of rotatable bonds is 0. The van der Waals surface area contributed by atoms with E-state index in [1.807, 2.05) is 0 Å². The first-order valence-corrected chi connectivity index (χ1v) is 3.14. The Kier molecular flexibility index (Phi) is 1.73. The summed E-state index contributed by atoms with van der Waals surface area (Å²) in [5.41, 5.74) is 0. The maximum absolute atomic E-state index is 10.5. The quantitative estimate of drug-likeness (QED) is 0.502. The van der Waals surface area contributed by atoms with Crippen molar-refractivity contribution in [3.8, 4) is 0 Å². The third-order valence-electron chi connectivity index (χ3n) is 0.827. The van der Waals surface area contributed by atoms with Gasteiger partial charge in [-0.2, -0.15) is 0 Å². The fraction of sp³-hybridized carbons (Fsp3) is 0.250. The van der Waals surface area contributed by atoms with Crippen LogP contribution in [-0.4, -0.2) is 16.0 Å². The van der Waals surface area contributed by atoms with Crippen LogP contribution in [0.25, 0.3) is 0 Å². The van der Waals surface area contributed by atoms with Crippen molar-refractivity contribution in [2.75, 3.05) is 0 Å². The van der Waals surface area contributed by atoms with Crippen molar-refractivity contribution in [2.45, 2.75) is 6.42 Å². The van der Waals surface area contributed by atoms with Crippen LogP contribution in [0.2, 0.25) is 0 Å². The Hall–Kier alpha value is -0.550. The SMILES string of the molecule is O=C1NC(=S)CC(=S)N1. The molecule has 1 heterocycles. The van der Waals surface area contributed by atoms with E-state index < -0.39 is 0 Å². The molecule has 0 aromatic carbocycles. The molecule has 1 rings (SSSR count). The summed E-state index contributed by atoms with van der Waals surface area (Å²) in [4.78, 5) is 11.5. The van der Waals surface area contributed by atoms with Gasteiger partial charge in [-0.3, -0.25) is 0 Å². The summed E-state index contributed by atoms with van der Waals surface area (Å²) in [5.74, 6) is 0. The number of nitrogens with one attached hydrogen (secondary N) is 2. The Bertz CT molecular complexity index is 144. The van der Waals surface area contributed by atoms with Crippen LogP contribution in [0.3, 0.4) is 0 Å². The van der Waals surface area contributed by atoms with Crippen molar-refractivity contribution < 1.29 is 4.79 Å². The molecule has 0 atom stereocenters. The molecule has 1 aliphatic heterocycles. The van der Waals surface area contributed by atoms with E-state index >= 15 is 0 Å². The van der Waals surface area contributed by atoms with Crippen LogP contribution in [0.15, 0.2) is 0 Å². The van der Waals surface area contributed by atoms with E-state index in [0.717, 1.165) is 0 Å². The normalized spacial score (nSPS) is 18.9. The molecule has 1 fully saturated rings. The van der Waals surface area contributed by atoms with Crippen LogP contribution in [0, 0.1) is 0 Å². The summed E-state index contributed by atoms with van der Waals surface area (Å²) in [5, 5.41) is 4.81. The van der Waals surface area contributed by atoms with Gasteiger partial charge in [-0.25, -0.2) is 4.79 Å². The second-order valence-corrected chi connectivity index (χ2v) is 2.59. The zero-order valence-corrected chi connectivity index (χ0v) is 6.06. The highest BCUT2D eigenvalue weighted by Crippen LogP contribution is 1.91. The largest absolute Gasteiger partial charge is 0.324 e. The van der Waals surface area contributed by atoms with Crippen molar-refractivity contribution in [3.63, 3.8) is 0 Å². The van der Waals surface area contributed by atoms with Gasteiger partial charge < -0.3 is 10.6 Å². The Morgan fingerprint density at radius 3 is 2.00 bits per heavy atom. The third-order valence-corrected chi connectivity index (χ3v) is 1.32. The lowest BCUT2D eigenvalue weighted by Crippen LogP contribution is -2.48. The molecule has 1 saturated heterocycles. The van der Waals surface area contributed by atoms with Crippen molar-refractivity contribution in [3.05, 3.63) is 0 Å². The average molecular weight is 160 g/mol. The van der Waals surface area contributed by atoms with E-state index in [1.54, 1.807) is 0 Å². The van der Waals surface area contributed by atoms with Gasteiger partial charge >= 0.3 is 6.03 Å². The maximum atomic E-state index is 10.5. The molecule has 0 aliphatic carbocycles. The molecule has 2 amide bonds. The molecule has 48 valence electrons. The smallest absolute Gasteiger partial charge is 0.301 e. The Balaban J connectivity index is 2.64. The van der Waals surface area contributed by atoms with E-state index in [4.69, 9.17) is 24.4 Å². The highest BCUT2D eigenvalue weighted by Gasteiger charge is 2.13. The molecule has 0 radical (unpaired) electrons. The molecule has 9 heavy (non-hydrogen) atoms. The number of hydrogen-bond donors (Lipinski definition) is 2. The van der Waals surface area contributed by atoms with Crippen molar-refractivity contribution in [2.24, 2.45) is 0 Å². The molecule has 0 aromatic rings. The molecule has 0 bridgehead atoms. The average Bonchev–Trinajstić information content (AvgIpc) is 1.59. The minimum atomic E-state index is -0.323. The summed E-state index contributed by atoms with van der Waals surface area (Å²) in [6.07, 6.45) is 0.483. The predicted octanol–water partition coefficient (Wildman–Crippen LogP) is 0.344. The summed E-state index contributed by atoms with van der Waals surface area (Å²) in [7, 11) is 0. The van der Waals surface area contributed by atoms with Crippen LogP contribution in [-0.2, 0) is 0 Å². The van der Waals surface area contributed by atoms with Gasteiger partial charge in [0.2, 0.25) is 0 Å². The van der Waals surface area contributed by atoms with Crippen molar-refractivity contribution in [1.82, 2.24) is 10.6 Å². The molecular formula is C4H4N2OS2. The van der Waals surface area contributed by atoms with E-state index in [-0.39, 0.29) is 6.03 Å². The molecule has 0 aromatic heterocycles. The van der Waals surface area contributed by atoms with Gasteiger partial charge in [0.25, 0.3) is 0 Å². The molecule has 5 heteroatoms. The number of amides is 2. The Morgan fingerprint density at radius 1 is 1.22 bits per heavy atom. The molecule has 3 nitrogen and oxygen atoms in total. The van der Waals surface area contributed by atoms with E-state index in [2.05, 4.69) is 10.6 Å². The number of carbonyl (C=O) groups is 1. The van der Waals surface area contributed by atoms with Crippen molar-refractivity contribution in [1.29, 1.82) is 0 Å². The van der Waals surface area contributed by atoms with Gasteiger partial charge in [0, 0.05) is 6.42 Å². The lowest BCUT2D eigenvalue weighted by molar-refractivity contribution is 0.249. The van der Waals surface area contributed by atoms with Gasteiger partial charge in [-0.1, -0.05) is 24.4 Å². The van der Waals surface area contributed by atoms with Crippen molar-refractivity contribution >= 4 is 40.4 Å². The van der Waals surface area contributed by atoms with Crippen LogP contribution >= 0.6 is 24.4 Å². The number of urea groups is 1. The summed E-state index contributed by atoms with van der Waals surface area (Å²) < 4.78 is 0. The minimum Gasteiger partial charge on any atom is -0.301 e. The zero-order valence-electron chi connectivity index (χ0n) is 4.43. The fourth-order valence-electron chi connectivity index (χ4n) is 0.519. The zero-order chi connectivity index (χ0) is 6.85. The van der Waals surface area contributed by atoms with Crippen LogP contribution in [0.1, 0.15) is 6.42 Å². The van der Waals surface area contributed by atoms with Crippen LogP contribution in [0.5, 0.6) is 0 Å². The highest BCUT2D eigenvalue weighted by atomic mass is 32.1. The molecular weight excluding hydrogens is 156 g/mol. The number of thiocarbonyl (C=S) groups is 2. The maximum Gasteiger partial charge on any atom is 0.324 e. The number of hydrogen-bond acceptors (Lipinski definition) is 3. The Labute approximate surface area is 62.8 Å². The van der Waals surface area contributed by atoms with E-state index in [1.165, 1.54) is 0 Å². The monoisotopic (exact) mass is 160 g/mol. The first kappa shape index (κ1) is 6.57. The summed E-state index contributed by atoms with van der Waals surface area (Å²) >= 11 is 9.40. The lowest BCUT2D eigenvalue weighted by atomic mass is 10.4. The van der Waals surface area contributed by atoms with Gasteiger partial charge in [-0.15, -0.1) is 0 Å². The first-order valence-electron chi connectivity index (χ1n) is 2.32. The van der Waals surface area contributed by atoms with E-state index in [0.29, 0.717) is 16.4 Å². The second-order valence-electron chi connectivity index (χ2n) is 1.60. The predicted molar refractivity (Wildman–Crippen MR) is 41.5 cm³/mol. The van der Waals surface area contributed by atoms with Gasteiger partial charge in [0.1, 0.15) is 0 Å². The highest BCUT2D eigenvalue weighted by molar-refractivity contribution is 7.82. The molecule has 0 saturated carbocycles. The topological polar surface area (TPSA) is 41.1 Å². The molecule has 1 aliphatic rings. The molecule has 0 spiro atoms. The number of carbonyl (C=O) groups excluding carboxylic acids is 1. The molecule has 0 unspecified atom stereocenters. The fourth-order valence-corrected chi connectivity index (χ4v) is 1.08. The van der Waals surface area contributed by atoms with E-state index in [9.17, 15) is 4.79 Å². The Morgan fingerprint density at radius 2 is 1.67 bits per heavy atom. The van der Waals surface area contributed by atoms with Gasteiger partial charge in [0.15, 0.2) is 0 Å².